The number of carbonyl (C=O) groups is 5. The summed E-state index contributed by atoms with van der Waals surface area (Å²) in [4.78, 5) is 63.1. The average Bonchev–Trinajstić information content (AvgIpc) is 2.75. The van der Waals surface area contributed by atoms with Crippen LogP contribution in [0.15, 0.2) is 24.3 Å². The molecule has 1 rings (SSSR count). The van der Waals surface area contributed by atoms with Crippen molar-refractivity contribution < 1.29 is 33.4 Å². The standard InChI is InChI=1S/C25H34N4O7/c1-7-29(23(33)18(15-19(26)30)28-24(34)36-25(4,5)6)21(17-12-10-9-11-16(17)3)22(32)27-14-13-20(31)35-8-2/h1,9-12,18,21H,8,13-15H2,2-6H3,(H2,26,30)(H,27,32)(H,28,34). The van der Waals surface area contributed by atoms with Gasteiger partial charge in [-0.1, -0.05) is 30.7 Å². The first-order valence-corrected chi connectivity index (χ1v) is 11.4. The SMILES string of the molecule is C#CN(C(=O)C(CC(N)=O)NC(=O)OC(C)(C)C)C(C(=O)NCCC(=O)OCC)c1ccccc1C. The Hall–Kier alpha value is -4.07. The number of terminal acetylenes is 1. The predicted molar refractivity (Wildman–Crippen MR) is 131 cm³/mol. The Balaban J connectivity index is 3.31. The molecule has 0 aliphatic carbocycles. The molecule has 36 heavy (non-hydrogen) atoms. The van der Waals surface area contributed by atoms with E-state index in [1.807, 2.05) is 0 Å². The monoisotopic (exact) mass is 502 g/mol. The Morgan fingerprint density at radius 3 is 2.33 bits per heavy atom. The summed E-state index contributed by atoms with van der Waals surface area (Å²) in [5.41, 5.74) is 5.48. The van der Waals surface area contributed by atoms with Crippen molar-refractivity contribution in [1.82, 2.24) is 15.5 Å². The zero-order chi connectivity index (χ0) is 27.5. The van der Waals surface area contributed by atoms with E-state index < -0.39 is 53.9 Å². The van der Waals surface area contributed by atoms with Crippen LogP contribution in [0.3, 0.4) is 0 Å². The van der Waals surface area contributed by atoms with Crippen molar-refractivity contribution in [1.29, 1.82) is 0 Å². The van der Waals surface area contributed by atoms with Crippen molar-refractivity contribution in [2.75, 3.05) is 13.2 Å². The van der Waals surface area contributed by atoms with Gasteiger partial charge in [-0.05, 0) is 45.7 Å². The van der Waals surface area contributed by atoms with E-state index in [0.29, 0.717) is 11.1 Å². The highest BCUT2D eigenvalue weighted by Gasteiger charge is 2.37. The second-order valence-electron chi connectivity index (χ2n) is 8.81. The third-order valence-electron chi connectivity index (χ3n) is 4.69. The normalized spacial score (nSPS) is 12.3. The van der Waals surface area contributed by atoms with E-state index in [9.17, 15) is 24.0 Å². The second kappa shape index (κ2) is 13.7. The molecule has 2 unspecified atom stereocenters. The molecule has 11 nitrogen and oxygen atoms in total. The van der Waals surface area contributed by atoms with Crippen LogP contribution < -0.4 is 16.4 Å². The highest BCUT2D eigenvalue weighted by molar-refractivity contribution is 5.95. The summed E-state index contributed by atoms with van der Waals surface area (Å²) in [5, 5.41) is 4.90. The molecule has 0 aliphatic rings. The number of esters is 1. The number of hydrogen-bond acceptors (Lipinski definition) is 7. The van der Waals surface area contributed by atoms with Gasteiger partial charge in [0.1, 0.15) is 17.7 Å². The minimum Gasteiger partial charge on any atom is -0.466 e. The van der Waals surface area contributed by atoms with Crippen LogP contribution in [0.2, 0.25) is 0 Å². The number of aryl methyl sites for hydroxylation is 1. The topological polar surface area (TPSA) is 157 Å². The molecular weight excluding hydrogens is 468 g/mol. The first-order chi connectivity index (χ1) is 16.8. The van der Waals surface area contributed by atoms with Crippen LogP contribution in [0.1, 0.15) is 57.7 Å². The van der Waals surface area contributed by atoms with Crippen LogP contribution in [0.5, 0.6) is 0 Å². The molecule has 0 spiro atoms. The summed E-state index contributed by atoms with van der Waals surface area (Å²) in [6.07, 6.45) is 4.02. The zero-order valence-electron chi connectivity index (χ0n) is 21.3. The van der Waals surface area contributed by atoms with E-state index in [-0.39, 0.29) is 19.6 Å². The van der Waals surface area contributed by atoms with E-state index in [1.165, 1.54) is 0 Å². The molecule has 2 atom stereocenters. The van der Waals surface area contributed by atoms with Crippen LogP contribution in [0.25, 0.3) is 0 Å². The van der Waals surface area contributed by atoms with E-state index in [2.05, 4.69) is 16.7 Å². The fraction of sp³-hybridized carbons (Fsp3) is 0.480. The first-order valence-electron chi connectivity index (χ1n) is 11.4. The minimum atomic E-state index is -1.49. The van der Waals surface area contributed by atoms with Crippen molar-refractivity contribution in [2.45, 2.75) is 65.1 Å². The maximum Gasteiger partial charge on any atom is 0.408 e. The summed E-state index contributed by atoms with van der Waals surface area (Å²) in [6, 6.07) is 6.13. The number of nitrogens with one attached hydrogen (secondary N) is 2. The van der Waals surface area contributed by atoms with Crippen LogP contribution in [-0.2, 0) is 28.7 Å². The molecule has 1 aromatic rings. The van der Waals surface area contributed by atoms with Crippen LogP contribution >= 0.6 is 0 Å². The van der Waals surface area contributed by atoms with E-state index >= 15 is 0 Å². The summed E-state index contributed by atoms with van der Waals surface area (Å²) in [5.74, 6) is -2.98. The predicted octanol–water partition coefficient (Wildman–Crippen LogP) is 1.29. The summed E-state index contributed by atoms with van der Waals surface area (Å²) < 4.78 is 10.0. The van der Waals surface area contributed by atoms with Gasteiger partial charge < -0.3 is 25.8 Å². The zero-order valence-corrected chi connectivity index (χ0v) is 21.3. The maximum atomic E-state index is 13.5. The van der Waals surface area contributed by atoms with Crippen molar-refractivity contribution in [2.24, 2.45) is 5.73 Å². The number of benzene rings is 1. The van der Waals surface area contributed by atoms with E-state index in [1.54, 1.807) is 58.9 Å². The van der Waals surface area contributed by atoms with Gasteiger partial charge in [0.05, 0.1) is 19.4 Å². The molecule has 0 fully saturated rings. The molecule has 1 aromatic carbocycles. The van der Waals surface area contributed by atoms with Gasteiger partial charge >= 0.3 is 12.1 Å². The number of nitrogens with zero attached hydrogens (tertiary/aromatic N) is 1. The Morgan fingerprint density at radius 1 is 1.17 bits per heavy atom. The highest BCUT2D eigenvalue weighted by Crippen LogP contribution is 2.25. The Labute approximate surface area is 211 Å². The number of ether oxygens (including phenoxy) is 2. The molecule has 196 valence electrons. The van der Waals surface area contributed by atoms with E-state index in [4.69, 9.17) is 21.6 Å². The number of alkyl carbamates (subject to hydrolysis) is 1. The lowest BCUT2D eigenvalue weighted by Gasteiger charge is -2.30. The number of rotatable bonds is 11. The molecule has 0 aromatic heterocycles. The van der Waals surface area contributed by atoms with Crippen molar-refractivity contribution in [3.63, 3.8) is 0 Å². The average molecular weight is 503 g/mol. The van der Waals surface area contributed by atoms with Gasteiger partial charge in [-0.3, -0.25) is 24.1 Å². The van der Waals surface area contributed by atoms with Gasteiger partial charge in [0, 0.05) is 12.6 Å². The first kappa shape index (κ1) is 30.0. The highest BCUT2D eigenvalue weighted by atomic mass is 16.6. The molecule has 11 heteroatoms. The summed E-state index contributed by atoms with van der Waals surface area (Å²) >= 11 is 0. The summed E-state index contributed by atoms with van der Waals surface area (Å²) in [7, 11) is 0. The number of primary amides is 1. The smallest absolute Gasteiger partial charge is 0.408 e. The third kappa shape index (κ3) is 9.66. The molecule has 4 amide bonds. The maximum absolute atomic E-state index is 13.5. The van der Waals surface area contributed by atoms with Gasteiger partial charge in [-0.2, -0.15) is 0 Å². The van der Waals surface area contributed by atoms with Gasteiger partial charge in [0.2, 0.25) is 11.8 Å². The Morgan fingerprint density at radius 2 is 1.81 bits per heavy atom. The molecule has 0 heterocycles. The molecular formula is C25H34N4O7. The molecule has 4 N–H and O–H groups in total. The molecule has 0 bridgehead atoms. The number of hydrogen-bond donors (Lipinski definition) is 3. The van der Waals surface area contributed by atoms with Crippen LogP contribution in [-0.4, -0.2) is 59.5 Å². The lowest BCUT2D eigenvalue weighted by atomic mass is 9.98. The van der Waals surface area contributed by atoms with E-state index in [0.717, 1.165) is 4.90 Å². The van der Waals surface area contributed by atoms with Gasteiger partial charge in [0.15, 0.2) is 0 Å². The van der Waals surface area contributed by atoms with Crippen molar-refractivity contribution in [3.05, 3.63) is 35.4 Å². The van der Waals surface area contributed by atoms with Gasteiger partial charge in [-0.15, -0.1) is 0 Å². The quantitative estimate of drug-likeness (QED) is 0.234. The number of carbonyl (C=O) groups excluding carboxylic acids is 5. The number of amides is 4. The van der Waals surface area contributed by atoms with Crippen LogP contribution in [0, 0.1) is 19.4 Å². The molecule has 0 radical (unpaired) electrons. The van der Waals surface area contributed by atoms with Gasteiger partial charge in [0.25, 0.3) is 5.91 Å². The van der Waals surface area contributed by atoms with Crippen molar-refractivity contribution >= 4 is 29.8 Å². The van der Waals surface area contributed by atoms with Gasteiger partial charge in [-0.25, -0.2) is 4.79 Å². The minimum absolute atomic E-state index is 0.0620. The van der Waals surface area contributed by atoms with Crippen LogP contribution in [0.4, 0.5) is 4.79 Å². The Kier molecular flexibility index (Phi) is 11.4. The third-order valence-corrected chi connectivity index (χ3v) is 4.69. The Bertz CT molecular complexity index is 1010. The molecule has 0 saturated carbocycles. The lowest BCUT2D eigenvalue weighted by Crippen LogP contribution is -2.52. The summed E-state index contributed by atoms with van der Waals surface area (Å²) in [6.45, 7) is 8.40. The fourth-order valence-electron chi connectivity index (χ4n) is 3.19. The lowest BCUT2D eigenvalue weighted by molar-refractivity contribution is -0.143. The fourth-order valence-corrected chi connectivity index (χ4v) is 3.19. The molecule has 0 saturated heterocycles. The second-order valence-corrected chi connectivity index (χ2v) is 8.81. The molecule has 0 aliphatic heterocycles. The van der Waals surface area contributed by atoms with Crippen molar-refractivity contribution in [3.8, 4) is 12.5 Å². The largest absolute Gasteiger partial charge is 0.466 e. The number of nitrogens with two attached hydrogens (primary N) is 1.